The summed E-state index contributed by atoms with van der Waals surface area (Å²) in [6, 6.07) is 6.14. The minimum Gasteiger partial charge on any atom is -0.437 e. The highest BCUT2D eigenvalue weighted by Gasteiger charge is 2.13. The zero-order valence-corrected chi connectivity index (χ0v) is 11.7. The van der Waals surface area contributed by atoms with E-state index in [0.29, 0.717) is 23.0 Å². The van der Waals surface area contributed by atoms with Gasteiger partial charge in [-0.05, 0) is 31.2 Å². The molecule has 0 saturated heterocycles. The first-order valence-electron chi connectivity index (χ1n) is 5.56. The topological polar surface area (TPSA) is 87.2 Å². The van der Waals surface area contributed by atoms with Crippen LogP contribution in [0.4, 0.5) is 5.69 Å². The van der Waals surface area contributed by atoms with Gasteiger partial charge in [-0.25, -0.2) is 13.1 Å². The van der Waals surface area contributed by atoms with Gasteiger partial charge >= 0.3 is 0 Å². The lowest BCUT2D eigenvalue weighted by Gasteiger charge is -2.07. The van der Waals surface area contributed by atoms with Gasteiger partial charge in [-0.2, -0.15) is 5.10 Å². The molecule has 1 aromatic carbocycles. The lowest BCUT2D eigenvalue weighted by molar-refractivity contribution is 0.432. The minimum atomic E-state index is -3.20. The first kappa shape index (κ1) is 13.4. The molecule has 0 aliphatic carbocycles. The number of nitrogen functional groups attached to an aromatic ring is 1. The van der Waals surface area contributed by atoms with Crippen LogP contribution in [-0.4, -0.2) is 24.5 Å². The Kier molecular flexibility index (Phi) is 3.23. The van der Waals surface area contributed by atoms with Crippen LogP contribution in [0.1, 0.15) is 5.69 Å². The number of aryl methyl sites for hydroxylation is 2. The van der Waals surface area contributed by atoms with E-state index in [1.54, 1.807) is 26.1 Å². The fraction of sp³-hybridized carbons (Fsp3) is 0.250. The van der Waals surface area contributed by atoms with E-state index in [2.05, 4.69) is 5.10 Å². The molecule has 1 aromatic heterocycles. The van der Waals surface area contributed by atoms with Crippen molar-refractivity contribution >= 4 is 15.5 Å². The minimum absolute atomic E-state index is 0.244. The third kappa shape index (κ3) is 2.70. The normalized spacial score (nSPS) is 11.5. The number of hydrogen-bond acceptors (Lipinski definition) is 5. The summed E-state index contributed by atoms with van der Waals surface area (Å²) in [7, 11) is -1.48. The Bertz CT molecular complexity index is 703. The smallest absolute Gasteiger partial charge is 0.241 e. The molecule has 6 nitrogen and oxygen atoms in total. The summed E-state index contributed by atoms with van der Waals surface area (Å²) in [5.74, 6) is 0.937. The second-order valence-electron chi connectivity index (χ2n) is 4.27. The molecule has 0 saturated carbocycles. The predicted octanol–water partition coefficient (Wildman–Crippen LogP) is 1.51. The molecule has 102 valence electrons. The van der Waals surface area contributed by atoms with Crippen LogP contribution < -0.4 is 10.5 Å². The number of nitrogens with two attached hydrogens (primary N) is 1. The van der Waals surface area contributed by atoms with Crippen LogP contribution in [0, 0.1) is 6.92 Å². The van der Waals surface area contributed by atoms with Crippen molar-refractivity contribution in [1.29, 1.82) is 0 Å². The van der Waals surface area contributed by atoms with Gasteiger partial charge in [0.25, 0.3) is 0 Å². The number of anilines is 1. The van der Waals surface area contributed by atoms with Gasteiger partial charge in [0, 0.05) is 13.3 Å². The quantitative estimate of drug-likeness (QED) is 0.921. The van der Waals surface area contributed by atoms with E-state index in [0.717, 1.165) is 6.26 Å². The Morgan fingerprint density at radius 2 is 1.84 bits per heavy atom. The molecule has 0 aliphatic heterocycles. The number of ether oxygens (including phenoxy) is 1. The fourth-order valence-electron chi connectivity index (χ4n) is 1.64. The highest BCUT2D eigenvalue weighted by molar-refractivity contribution is 7.90. The number of nitrogens with zero attached hydrogens (tertiary/aromatic N) is 2. The first-order valence-corrected chi connectivity index (χ1v) is 7.45. The Hall–Kier alpha value is -2.02. The Balaban J connectivity index is 2.30. The van der Waals surface area contributed by atoms with E-state index in [4.69, 9.17) is 10.5 Å². The zero-order chi connectivity index (χ0) is 14.2. The van der Waals surface area contributed by atoms with E-state index in [1.165, 1.54) is 16.8 Å². The Morgan fingerprint density at radius 3 is 2.26 bits per heavy atom. The van der Waals surface area contributed by atoms with Crippen LogP contribution in [0.3, 0.4) is 0 Å². The lowest BCUT2D eigenvalue weighted by atomic mass is 10.3. The average molecular weight is 281 g/mol. The SMILES string of the molecule is Cc1nn(C)c(Oc2ccc(S(C)(=O)=O)cc2)c1N. The molecule has 2 aromatic rings. The second-order valence-corrected chi connectivity index (χ2v) is 6.29. The summed E-state index contributed by atoms with van der Waals surface area (Å²) < 4.78 is 29.8. The molecule has 1 heterocycles. The maximum atomic E-state index is 11.3. The molecule has 0 bridgehead atoms. The average Bonchev–Trinajstić information content (AvgIpc) is 2.56. The van der Waals surface area contributed by atoms with Crippen LogP contribution in [-0.2, 0) is 16.9 Å². The van der Waals surface area contributed by atoms with E-state index in [1.807, 2.05) is 0 Å². The highest BCUT2D eigenvalue weighted by atomic mass is 32.2. The van der Waals surface area contributed by atoms with Gasteiger partial charge in [0.15, 0.2) is 9.84 Å². The van der Waals surface area contributed by atoms with Crippen molar-refractivity contribution in [2.75, 3.05) is 12.0 Å². The molecule has 2 rings (SSSR count). The predicted molar refractivity (Wildman–Crippen MR) is 72.0 cm³/mol. The largest absolute Gasteiger partial charge is 0.437 e. The number of sulfone groups is 1. The molecular formula is C12H15N3O3S. The molecule has 0 atom stereocenters. The van der Waals surface area contributed by atoms with Crippen LogP contribution in [0.25, 0.3) is 0 Å². The van der Waals surface area contributed by atoms with Gasteiger partial charge in [-0.15, -0.1) is 0 Å². The number of rotatable bonds is 3. The van der Waals surface area contributed by atoms with E-state index in [9.17, 15) is 8.42 Å². The van der Waals surface area contributed by atoms with Gasteiger partial charge in [0.2, 0.25) is 5.88 Å². The number of benzene rings is 1. The van der Waals surface area contributed by atoms with E-state index >= 15 is 0 Å². The summed E-state index contributed by atoms with van der Waals surface area (Å²) >= 11 is 0. The summed E-state index contributed by atoms with van der Waals surface area (Å²) in [4.78, 5) is 0.244. The zero-order valence-electron chi connectivity index (χ0n) is 10.9. The van der Waals surface area contributed by atoms with Gasteiger partial charge in [0.1, 0.15) is 11.4 Å². The molecule has 0 unspecified atom stereocenters. The van der Waals surface area contributed by atoms with Gasteiger partial charge in [0.05, 0.1) is 10.6 Å². The van der Waals surface area contributed by atoms with E-state index in [-0.39, 0.29) is 4.90 Å². The molecule has 0 spiro atoms. The van der Waals surface area contributed by atoms with Crippen molar-refractivity contribution in [3.05, 3.63) is 30.0 Å². The Labute approximate surface area is 111 Å². The number of aromatic nitrogens is 2. The highest BCUT2D eigenvalue weighted by Crippen LogP contribution is 2.29. The molecule has 0 radical (unpaired) electrons. The van der Waals surface area contributed by atoms with Crippen molar-refractivity contribution < 1.29 is 13.2 Å². The molecule has 19 heavy (non-hydrogen) atoms. The third-order valence-corrected chi connectivity index (χ3v) is 3.81. The molecule has 7 heteroatoms. The second kappa shape index (κ2) is 4.58. The maximum absolute atomic E-state index is 11.3. The van der Waals surface area contributed by atoms with Crippen molar-refractivity contribution in [3.63, 3.8) is 0 Å². The van der Waals surface area contributed by atoms with Crippen LogP contribution in [0.15, 0.2) is 29.2 Å². The molecule has 0 amide bonds. The lowest BCUT2D eigenvalue weighted by Crippen LogP contribution is -1.99. The van der Waals surface area contributed by atoms with E-state index < -0.39 is 9.84 Å². The monoisotopic (exact) mass is 281 g/mol. The first-order chi connectivity index (χ1) is 8.79. The Morgan fingerprint density at radius 1 is 1.26 bits per heavy atom. The summed E-state index contributed by atoms with van der Waals surface area (Å²) in [5, 5.41) is 4.13. The molecular weight excluding hydrogens is 266 g/mol. The molecule has 2 N–H and O–H groups in total. The van der Waals surface area contributed by atoms with Crippen LogP contribution in [0.2, 0.25) is 0 Å². The summed E-state index contributed by atoms with van der Waals surface area (Å²) in [5.41, 5.74) is 7.00. The number of hydrogen-bond donors (Lipinski definition) is 1. The maximum Gasteiger partial charge on any atom is 0.241 e. The van der Waals surface area contributed by atoms with Crippen molar-refractivity contribution in [1.82, 2.24) is 9.78 Å². The summed E-state index contributed by atoms with van der Waals surface area (Å²) in [6.07, 6.45) is 1.16. The summed E-state index contributed by atoms with van der Waals surface area (Å²) in [6.45, 7) is 1.79. The molecule has 0 fully saturated rings. The van der Waals surface area contributed by atoms with Crippen molar-refractivity contribution in [2.45, 2.75) is 11.8 Å². The van der Waals surface area contributed by atoms with Gasteiger partial charge < -0.3 is 10.5 Å². The fourth-order valence-corrected chi connectivity index (χ4v) is 2.27. The van der Waals surface area contributed by atoms with Gasteiger partial charge in [-0.3, -0.25) is 0 Å². The van der Waals surface area contributed by atoms with Crippen LogP contribution in [0.5, 0.6) is 11.6 Å². The van der Waals surface area contributed by atoms with Crippen molar-refractivity contribution in [2.24, 2.45) is 7.05 Å². The molecule has 0 aliphatic rings. The van der Waals surface area contributed by atoms with Gasteiger partial charge in [-0.1, -0.05) is 0 Å². The third-order valence-electron chi connectivity index (χ3n) is 2.68. The van der Waals surface area contributed by atoms with Crippen molar-refractivity contribution in [3.8, 4) is 11.6 Å². The standard InChI is InChI=1S/C12H15N3O3S/c1-8-11(13)12(15(2)14-8)18-9-4-6-10(7-5-9)19(3,16)17/h4-7H,13H2,1-3H3. The van der Waals surface area contributed by atoms with Crippen LogP contribution >= 0.6 is 0 Å².